The van der Waals surface area contributed by atoms with Gasteiger partial charge in [0.1, 0.15) is 11.5 Å². The molecule has 2 aromatic carbocycles. The zero-order valence-corrected chi connectivity index (χ0v) is 20.7. The van der Waals surface area contributed by atoms with Gasteiger partial charge in [0.15, 0.2) is 0 Å². The summed E-state index contributed by atoms with van der Waals surface area (Å²) in [4.78, 5) is 14.1. The van der Waals surface area contributed by atoms with E-state index in [-0.39, 0.29) is 11.9 Å². The Morgan fingerprint density at radius 2 is 1.89 bits per heavy atom. The minimum atomic E-state index is -0.359. The van der Waals surface area contributed by atoms with Crippen molar-refractivity contribution in [1.29, 1.82) is 0 Å². The first-order chi connectivity index (χ1) is 17.5. The summed E-state index contributed by atoms with van der Waals surface area (Å²) in [6.07, 6.45) is 3.76. The van der Waals surface area contributed by atoms with E-state index in [1.807, 2.05) is 34.9 Å². The topological polar surface area (TPSA) is 64.3 Å². The summed E-state index contributed by atoms with van der Waals surface area (Å²) in [6.45, 7) is 0. The maximum absolute atomic E-state index is 14.4. The van der Waals surface area contributed by atoms with E-state index in [0.29, 0.717) is 38.3 Å². The van der Waals surface area contributed by atoms with Gasteiger partial charge in [0.2, 0.25) is 5.88 Å². The molecule has 3 aliphatic rings. The molecule has 0 amide bonds. The van der Waals surface area contributed by atoms with Crippen LogP contribution in [0.15, 0.2) is 71.9 Å². The third kappa shape index (κ3) is 4.25. The fourth-order valence-electron chi connectivity index (χ4n) is 4.17. The molecular weight excluding hydrogens is 500 g/mol. The number of benzene rings is 3. The molecule has 0 unspecified atom stereocenters. The van der Waals surface area contributed by atoms with Crippen LogP contribution in [-0.4, -0.2) is 27.7 Å². The van der Waals surface area contributed by atoms with E-state index in [4.69, 9.17) is 37.9 Å². The van der Waals surface area contributed by atoms with Crippen molar-refractivity contribution in [3.63, 3.8) is 0 Å². The largest absolute Gasteiger partial charge is 0.480 e. The van der Waals surface area contributed by atoms with Crippen LogP contribution in [0.5, 0.6) is 5.88 Å². The van der Waals surface area contributed by atoms with Crippen LogP contribution < -0.4 is 15.4 Å². The van der Waals surface area contributed by atoms with Crippen molar-refractivity contribution in [2.24, 2.45) is 4.99 Å². The van der Waals surface area contributed by atoms with E-state index in [2.05, 4.69) is 10.3 Å². The Hall–Kier alpha value is -3.68. The standard InChI is InChI=1S/C27H20Cl2FN5O/c1-36-27-21(3-2-10-31-27)34-22-13-24-26(14-23(22)32-16-5-6-16)35(17-7-8-18(28)19(29)12-17)25-11-15(30)4-9-20(25)33-24/h2-4,7-14,16,34H,5-6H2,1H3/b32-23+. The number of pyridine rings is 1. The second-order valence-corrected chi connectivity index (χ2v) is 9.40. The van der Waals surface area contributed by atoms with E-state index in [1.165, 1.54) is 12.1 Å². The lowest BCUT2D eigenvalue weighted by molar-refractivity contribution is 0.400. The average molecular weight is 520 g/mol. The van der Waals surface area contributed by atoms with Gasteiger partial charge >= 0.3 is 0 Å². The maximum Gasteiger partial charge on any atom is 0.237 e. The van der Waals surface area contributed by atoms with Gasteiger partial charge in [0.05, 0.1) is 56.7 Å². The summed E-state index contributed by atoms with van der Waals surface area (Å²) in [5.41, 5.74) is 4.91. The van der Waals surface area contributed by atoms with E-state index < -0.39 is 0 Å². The summed E-state index contributed by atoms with van der Waals surface area (Å²) in [6, 6.07) is 17.8. The van der Waals surface area contributed by atoms with Crippen LogP contribution in [0.3, 0.4) is 0 Å². The van der Waals surface area contributed by atoms with Crippen LogP contribution in [0.1, 0.15) is 12.8 Å². The Kier molecular flexibility index (Phi) is 5.74. The second kappa shape index (κ2) is 9.08. The number of nitrogens with zero attached hydrogens (tertiary/aromatic N) is 4. The third-order valence-corrected chi connectivity index (χ3v) is 6.76. The highest BCUT2D eigenvalue weighted by Gasteiger charge is 2.22. The number of anilines is 2. The third-order valence-electron chi connectivity index (χ3n) is 6.02. The van der Waals surface area contributed by atoms with Crippen LogP contribution in [-0.2, 0) is 0 Å². The summed E-state index contributed by atoms with van der Waals surface area (Å²) < 4.78 is 21.7. The highest BCUT2D eigenvalue weighted by atomic mass is 35.5. The number of ether oxygens (including phenoxy) is 1. The minimum absolute atomic E-state index is 0.267. The molecule has 1 N–H and O–H groups in total. The monoisotopic (exact) mass is 519 g/mol. The van der Waals surface area contributed by atoms with Gasteiger partial charge < -0.3 is 14.6 Å². The van der Waals surface area contributed by atoms with E-state index >= 15 is 0 Å². The zero-order valence-electron chi connectivity index (χ0n) is 19.2. The number of nitrogens with one attached hydrogen (secondary N) is 1. The SMILES string of the molecule is COc1ncccc1Nc1cc2nc3ccc(F)cc3n(-c3ccc(Cl)c(Cl)c3)c-2c/c1=N\C1CC1. The quantitative estimate of drug-likeness (QED) is 0.259. The molecular formula is C27H20Cl2FN5O. The van der Waals surface area contributed by atoms with Crippen molar-refractivity contribution in [3.8, 4) is 23.0 Å². The van der Waals surface area contributed by atoms with E-state index in [9.17, 15) is 4.39 Å². The molecule has 0 atom stereocenters. The average Bonchev–Trinajstić information content (AvgIpc) is 3.69. The molecule has 2 heterocycles. The van der Waals surface area contributed by atoms with E-state index in [1.54, 1.807) is 31.5 Å². The van der Waals surface area contributed by atoms with Crippen LogP contribution in [0, 0.1) is 5.82 Å². The molecule has 1 aromatic heterocycles. The molecule has 1 saturated carbocycles. The molecule has 6 nitrogen and oxygen atoms in total. The smallest absolute Gasteiger partial charge is 0.237 e. The fraction of sp³-hybridized carbons (Fsp3) is 0.148. The first-order valence-electron chi connectivity index (χ1n) is 11.4. The van der Waals surface area contributed by atoms with Crippen molar-refractivity contribution in [1.82, 2.24) is 14.5 Å². The van der Waals surface area contributed by atoms with Gasteiger partial charge in [-0.25, -0.2) is 14.4 Å². The lowest BCUT2D eigenvalue weighted by atomic mass is 10.1. The van der Waals surface area contributed by atoms with Crippen LogP contribution in [0.4, 0.5) is 15.8 Å². The molecule has 3 aromatic rings. The molecule has 36 heavy (non-hydrogen) atoms. The van der Waals surface area contributed by atoms with Crippen molar-refractivity contribution in [3.05, 3.63) is 88.1 Å². The van der Waals surface area contributed by atoms with Gasteiger partial charge in [-0.3, -0.25) is 4.99 Å². The zero-order chi connectivity index (χ0) is 24.8. The molecule has 0 saturated heterocycles. The summed E-state index contributed by atoms with van der Waals surface area (Å²) in [5.74, 6) is 0.116. The lowest BCUT2D eigenvalue weighted by Crippen LogP contribution is -2.16. The van der Waals surface area contributed by atoms with Gasteiger partial charge in [-0.2, -0.15) is 0 Å². The maximum atomic E-state index is 14.4. The van der Waals surface area contributed by atoms with Crippen LogP contribution in [0.2, 0.25) is 10.0 Å². The van der Waals surface area contributed by atoms with Gasteiger partial charge in [-0.1, -0.05) is 23.2 Å². The Morgan fingerprint density at radius 3 is 2.67 bits per heavy atom. The molecule has 1 fully saturated rings. The van der Waals surface area contributed by atoms with Crippen molar-refractivity contribution >= 4 is 45.6 Å². The number of aromatic nitrogens is 3. The molecule has 9 heteroatoms. The van der Waals surface area contributed by atoms with Gasteiger partial charge in [-0.05, 0) is 67.4 Å². The Bertz CT molecular complexity index is 1660. The summed E-state index contributed by atoms with van der Waals surface area (Å²) in [5, 5.41) is 5.03. The molecule has 6 rings (SSSR count). The molecule has 2 aliphatic carbocycles. The fourth-order valence-corrected chi connectivity index (χ4v) is 4.46. The Labute approximate surface area is 216 Å². The van der Waals surface area contributed by atoms with Crippen molar-refractivity contribution < 1.29 is 9.13 Å². The normalized spacial score (nSPS) is 13.9. The van der Waals surface area contributed by atoms with Crippen LogP contribution >= 0.6 is 23.2 Å². The molecule has 180 valence electrons. The highest BCUT2D eigenvalue weighted by molar-refractivity contribution is 6.42. The first-order valence-corrected chi connectivity index (χ1v) is 12.2. The lowest BCUT2D eigenvalue weighted by Gasteiger charge is -2.21. The number of hydrogen-bond donors (Lipinski definition) is 1. The van der Waals surface area contributed by atoms with Gasteiger partial charge in [0.25, 0.3) is 0 Å². The molecule has 0 bridgehead atoms. The highest BCUT2D eigenvalue weighted by Crippen LogP contribution is 2.34. The Morgan fingerprint density at radius 1 is 1.03 bits per heavy atom. The minimum Gasteiger partial charge on any atom is -0.480 e. The number of fused-ring (bicyclic) bond motifs is 2. The first kappa shape index (κ1) is 22.8. The summed E-state index contributed by atoms with van der Waals surface area (Å²) in [7, 11) is 1.58. The summed E-state index contributed by atoms with van der Waals surface area (Å²) >= 11 is 12.6. The Balaban J connectivity index is 1.65. The van der Waals surface area contributed by atoms with Crippen LogP contribution in [0.25, 0.3) is 28.1 Å². The second-order valence-electron chi connectivity index (χ2n) is 8.58. The number of hydrogen-bond acceptors (Lipinski definition) is 5. The van der Waals surface area contributed by atoms with Crippen molar-refractivity contribution in [2.75, 3.05) is 12.4 Å². The van der Waals surface area contributed by atoms with Crippen molar-refractivity contribution in [2.45, 2.75) is 18.9 Å². The number of rotatable bonds is 5. The van der Waals surface area contributed by atoms with Gasteiger partial charge in [0, 0.05) is 18.0 Å². The number of methoxy groups -OCH3 is 1. The van der Waals surface area contributed by atoms with Gasteiger partial charge in [-0.15, -0.1) is 0 Å². The molecule has 0 radical (unpaired) electrons. The predicted molar refractivity (Wildman–Crippen MR) is 140 cm³/mol. The predicted octanol–water partition coefficient (Wildman–Crippen LogP) is 6.79. The van der Waals surface area contributed by atoms with E-state index in [0.717, 1.165) is 35.3 Å². The molecule has 0 spiro atoms. The number of halogens is 3. The molecule has 1 aliphatic heterocycles.